The Morgan fingerprint density at radius 3 is 0.410 bits per heavy atom. The zero-order valence-corrected chi connectivity index (χ0v) is 44.6. The molecule has 7 heteroatoms. The molecule has 0 aliphatic rings. The number of carbonyl (C=O) groups is 3. The Morgan fingerprint density at radius 2 is 0.311 bits per heavy atom. The number of hydrogen-bond acceptors (Lipinski definition) is 6. The van der Waals surface area contributed by atoms with Crippen LogP contribution in [0.25, 0.3) is 0 Å². The summed E-state index contributed by atoms with van der Waals surface area (Å²) in [5.74, 6) is -2.71. The third-order valence-electron chi connectivity index (χ3n) is 12.0. The smallest absolute Gasteiger partial charge is 0.550 e. The zero-order chi connectivity index (χ0) is 44.7. The molecule has 0 heterocycles. The summed E-state index contributed by atoms with van der Waals surface area (Å²) >= 11 is 0. The summed E-state index contributed by atoms with van der Waals surface area (Å²) in [5, 5.41) is 30.7. The largest absolute Gasteiger partial charge is 3.00 e. The van der Waals surface area contributed by atoms with Gasteiger partial charge in [-0.2, -0.15) is 0 Å². The maximum atomic E-state index is 10.2. The van der Waals surface area contributed by atoms with Crippen molar-refractivity contribution in [3.8, 4) is 0 Å². The van der Waals surface area contributed by atoms with Gasteiger partial charge in [-0.1, -0.05) is 290 Å². The van der Waals surface area contributed by atoms with Crippen molar-refractivity contribution in [1.82, 2.24) is 0 Å². The Labute approximate surface area is 414 Å². The normalized spacial score (nSPS) is 10.7. The predicted octanol–water partition coefficient (Wildman–Crippen LogP) is 15.0. The Bertz CT molecular complexity index is 717. The van der Waals surface area contributed by atoms with Crippen LogP contribution in [-0.4, -0.2) is 17.9 Å². The van der Waals surface area contributed by atoms with E-state index in [1.54, 1.807) is 0 Å². The number of aliphatic carboxylic acids is 3. The van der Waals surface area contributed by atoms with Gasteiger partial charge >= 0.3 is 40.8 Å². The molecular weight excluding hydrogens is 889 g/mol. The van der Waals surface area contributed by atoms with Gasteiger partial charge in [-0.3, -0.25) is 0 Å². The van der Waals surface area contributed by atoms with Crippen LogP contribution in [0, 0.1) is 40.8 Å². The molecule has 0 saturated carbocycles. The predicted molar refractivity (Wildman–Crippen MR) is 254 cm³/mol. The maximum absolute atomic E-state index is 10.2. The average Bonchev–Trinajstić information content (AvgIpc) is 3.22. The SMILES string of the molecule is CCCCCCCCCCCCCCCCCC(=O)[O-].CCCCCCCCCCCCCCCCCC(=O)[O-].CCCCCCCCCCCCCCCCCC(=O)[O-].[Nd+3]. The van der Waals surface area contributed by atoms with E-state index in [9.17, 15) is 29.7 Å². The molecule has 6 nitrogen and oxygen atoms in total. The molecule has 0 N–H and O–H groups in total. The summed E-state index contributed by atoms with van der Waals surface area (Å²) in [5.41, 5.74) is 0. The molecule has 1 radical (unpaired) electrons. The van der Waals surface area contributed by atoms with E-state index in [1.165, 1.54) is 250 Å². The van der Waals surface area contributed by atoms with Crippen molar-refractivity contribution >= 4 is 17.9 Å². The minimum absolute atomic E-state index is 0. The minimum atomic E-state index is -0.903. The molecule has 0 aromatic rings. The van der Waals surface area contributed by atoms with E-state index < -0.39 is 17.9 Å². The van der Waals surface area contributed by atoms with Crippen LogP contribution >= 0.6 is 0 Å². The molecule has 0 aliphatic carbocycles. The average molecular weight is 995 g/mol. The number of hydrogen-bond donors (Lipinski definition) is 0. The van der Waals surface area contributed by atoms with Crippen molar-refractivity contribution in [2.45, 2.75) is 329 Å². The van der Waals surface area contributed by atoms with E-state index in [0.29, 0.717) is 0 Å². The number of rotatable bonds is 48. The van der Waals surface area contributed by atoms with Gasteiger partial charge in [0.25, 0.3) is 0 Å². The molecular formula is C54H105NdO6. The second-order valence-corrected chi connectivity index (χ2v) is 18.2. The molecule has 0 rings (SSSR count). The molecule has 0 unspecified atom stereocenters. The van der Waals surface area contributed by atoms with Crippen LogP contribution in [-0.2, 0) is 14.4 Å². The number of unbranched alkanes of at least 4 members (excludes halogenated alkanes) is 42. The second kappa shape index (κ2) is 64.0. The van der Waals surface area contributed by atoms with Crippen molar-refractivity contribution in [3.05, 3.63) is 0 Å². The molecule has 0 aromatic heterocycles. The molecule has 0 bridgehead atoms. The molecule has 0 saturated heterocycles. The van der Waals surface area contributed by atoms with Gasteiger partial charge in [0.15, 0.2) is 0 Å². The second-order valence-electron chi connectivity index (χ2n) is 18.2. The third-order valence-corrected chi connectivity index (χ3v) is 12.0. The Morgan fingerprint density at radius 1 is 0.213 bits per heavy atom. The topological polar surface area (TPSA) is 120 Å². The van der Waals surface area contributed by atoms with Crippen molar-refractivity contribution in [3.63, 3.8) is 0 Å². The van der Waals surface area contributed by atoms with Crippen LogP contribution in [0.1, 0.15) is 329 Å². The summed E-state index contributed by atoms with van der Waals surface area (Å²) in [6.07, 6.45) is 59.6. The molecule has 361 valence electrons. The van der Waals surface area contributed by atoms with Crippen LogP contribution in [0.15, 0.2) is 0 Å². The van der Waals surface area contributed by atoms with E-state index in [2.05, 4.69) is 20.8 Å². The molecule has 0 spiro atoms. The summed E-state index contributed by atoms with van der Waals surface area (Å²) < 4.78 is 0. The first kappa shape index (κ1) is 67.4. The molecule has 0 aliphatic heterocycles. The third kappa shape index (κ3) is 77.4. The molecule has 0 aromatic carbocycles. The summed E-state index contributed by atoms with van der Waals surface area (Å²) in [7, 11) is 0. The first-order valence-corrected chi connectivity index (χ1v) is 26.9. The zero-order valence-electron chi connectivity index (χ0n) is 41.4. The Kier molecular flexibility index (Phi) is 70.7. The quantitative estimate of drug-likeness (QED) is 0.0560. The number of carbonyl (C=O) groups excluding carboxylic acids is 3. The van der Waals surface area contributed by atoms with E-state index in [4.69, 9.17) is 0 Å². The van der Waals surface area contributed by atoms with E-state index in [0.717, 1.165) is 38.5 Å². The van der Waals surface area contributed by atoms with Gasteiger partial charge in [0.1, 0.15) is 0 Å². The van der Waals surface area contributed by atoms with E-state index in [1.807, 2.05) is 0 Å². The van der Waals surface area contributed by atoms with Crippen LogP contribution in [0.5, 0.6) is 0 Å². The van der Waals surface area contributed by atoms with E-state index in [-0.39, 0.29) is 60.1 Å². The van der Waals surface area contributed by atoms with Gasteiger partial charge in [-0.15, -0.1) is 0 Å². The Hall–Kier alpha value is -0.239. The van der Waals surface area contributed by atoms with Crippen molar-refractivity contribution < 1.29 is 70.5 Å². The van der Waals surface area contributed by atoms with Gasteiger partial charge in [0, 0.05) is 17.9 Å². The monoisotopic (exact) mass is 992 g/mol. The molecule has 0 atom stereocenters. The number of carboxylic acids is 3. The van der Waals surface area contributed by atoms with Crippen molar-refractivity contribution in [1.29, 1.82) is 0 Å². The first-order chi connectivity index (χ1) is 29.3. The summed E-state index contributed by atoms with van der Waals surface area (Å²) in [4.78, 5) is 30.7. The van der Waals surface area contributed by atoms with Crippen LogP contribution in [0.4, 0.5) is 0 Å². The van der Waals surface area contributed by atoms with Gasteiger partial charge in [-0.05, 0) is 38.5 Å². The van der Waals surface area contributed by atoms with Gasteiger partial charge in [-0.25, -0.2) is 0 Å². The summed E-state index contributed by atoms with van der Waals surface area (Å²) in [6.45, 7) is 6.80. The maximum Gasteiger partial charge on any atom is 3.00 e. The fourth-order valence-electron chi connectivity index (χ4n) is 7.92. The molecule has 0 amide bonds. The van der Waals surface area contributed by atoms with Crippen LogP contribution in [0.3, 0.4) is 0 Å². The Balaban J connectivity index is -0.000000396. The van der Waals surface area contributed by atoms with Crippen molar-refractivity contribution in [2.24, 2.45) is 0 Å². The molecule has 0 fully saturated rings. The van der Waals surface area contributed by atoms with Crippen molar-refractivity contribution in [2.75, 3.05) is 0 Å². The number of carboxylic acid groups (broad SMARTS) is 3. The standard InChI is InChI=1S/3C18H36O2.Nd/c3*1-2-3-4-5-6-7-8-9-10-11-12-13-14-15-16-17-18(19)20;/h3*2-17H2,1H3,(H,19,20);/q;;;+3/p-3. The summed E-state index contributed by atoms with van der Waals surface area (Å²) in [6, 6.07) is 0. The minimum Gasteiger partial charge on any atom is -0.550 e. The first-order valence-electron chi connectivity index (χ1n) is 26.9. The van der Waals surface area contributed by atoms with Gasteiger partial charge in [0.2, 0.25) is 0 Å². The van der Waals surface area contributed by atoms with Crippen LogP contribution in [0.2, 0.25) is 0 Å². The van der Waals surface area contributed by atoms with Gasteiger partial charge < -0.3 is 29.7 Å². The van der Waals surface area contributed by atoms with Crippen LogP contribution < -0.4 is 15.3 Å². The molecule has 61 heavy (non-hydrogen) atoms. The van der Waals surface area contributed by atoms with E-state index >= 15 is 0 Å². The van der Waals surface area contributed by atoms with Gasteiger partial charge in [0.05, 0.1) is 0 Å². The fourth-order valence-corrected chi connectivity index (χ4v) is 7.92. The fraction of sp³-hybridized carbons (Fsp3) is 0.944.